The van der Waals surface area contributed by atoms with Crippen LogP contribution in [0.15, 0.2) is 29.3 Å². The maximum Gasteiger partial charge on any atom is 0.243 e. The predicted molar refractivity (Wildman–Crippen MR) is 100 cm³/mol. The molecular formula is C18H26N4O3S. The minimum atomic E-state index is -3.68. The Morgan fingerprint density at radius 2 is 1.96 bits per heavy atom. The third-order valence-corrected chi connectivity index (χ3v) is 6.23. The fourth-order valence-corrected chi connectivity index (χ4v) is 3.74. The van der Waals surface area contributed by atoms with Gasteiger partial charge in [0.2, 0.25) is 15.9 Å². The molecule has 0 bridgehead atoms. The summed E-state index contributed by atoms with van der Waals surface area (Å²) in [5.41, 5.74) is 4.07. The molecule has 1 aromatic heterocycles. The first-order chi connectivity index (χ1) is 12.2. The largest absolute Gasteiger partial charge is 0.355 e. The van der Waals surface area contributed by atoms with E-state index in [1.165, 1.54) is 7.05 Å². The van der Waals surface area contributed by atoms with Crippen LogP contribution in [0.5, 0.6) is 0 Å². The molecule has 2 rings (SSSR count). The number of hydrogen-bond acceptors (Lipinski definition) is 4. The molecule has 2 N–H and O–H groups in total. The van der Waals surface area contributed by atoms with E-state index in [1.807, 2.05) is 20.8 Å². The van der Waals surface area contributed by atoms with Crippen LogP contribution in [0.4, 0.5) is 0 Å². The Kier molecular flexibility index (Phi) is 6.55. The first-order valence-corrected chi connectivity index (χ1v) is 9.95. The number of hydrogen-bond donors (Lipinski definition) is 2. The van der Waals surface area contributed by atoms with Crippen LogP contribution in [0.1, 0.15) is 28.8 Å². The van der Waals surface area contributed by atoms with E-state index in [2.05, 4.69) is 15.5 Å². The van der Waals surface area contributed by atoms with E-state index < -0.39 is 10.0 Å². The molecule has 0 saturated heterocycles. The van der Waals surface area contributed by atoms with Gasteiger partial charge in [0.25, 0.3) is 0 Å². The molecule has 0 aliphatic carbocycles. The highest BCUT2D eigenvalue weighted by molar-refractivity contribution is 7.89. The molecule has 8 heteroatoms. The van der Waals surface area contributed by atoms with Gasteiger partial charge in [-0.05, 0) is 62.4 Å². The molecule has 0 aliphatic heterocycles. The van der Waals surface area contributed by atoms with Gasteiger partial charge in [-0.2, -0.15) is 9.40 Å². The number of rotatable bonds is 8. The summed E-state index contributed by atoms with van der Waals surface area (Å²) < 4.78 is 26.3. The van der Waals surface area contributed by atoms with E-state index >= 15 is 0 Å². The second-order valence-corrected chi connectivity index (χ2v) is 8.53. The van der Waals surface area contributed by atoms with Gasteiger partial charge in [0.15, 0.2) is 0 Å². The van der Waals surface area contributed by atoms with Crippen LogP contribution < -0.4 is 5.32 Å². The molecule has 26 heavy (non-hydrogen) atoms. The summed E-state index contributed by atoms with van der Waals surface area (Å²) >= 11 is 0. The minimum absolute atomic E-state index is 0.200. The van der Waals surface area contributed by atoms with Crippen LogP contribution in [0.25, 0.3) is 0 Å². The Balaban J connectivity index is 1.85. The lowest BCUT2D eigenvalue weighted by Crippen LogP contribution is -2.38. The van der Waals surface area contributed by atoms with Crippen LogP contribution in [0.2, 0.25) is 0 Å². The lowest BCUT2D eigenvalue weighted by atomic mass is 10.1. The summed E-state index contributed by atoms with van der Waals surface area (Å²) in [6.45, 7) is 6.02. The molecule has 1 amide bonds. The van der Waals surface area contributed by atoms with Crippen molar-refractivity contribution in [3.8, 4) is 0 Å². The molecule has 0 saturated carbocycles. The zero-order chi connectivity index (χ0) is 19.3. The monoisotopic (exact) mass is 378 g/mol. The smallest absolute Gasteiger partial charge is 0.243 e. The highest BCUT2D eigenvalue weighted by atomic mass is 32.2. The van der Waals surface area contributed by atoms with E-state index in [0.717, 1.165) is 39.5 Å². The molecule has 0 unspecified atom stereocenters. The number of benzene rings is 1. The van der Waals surface area contributed by atoms with Crippen molar-refractivity contribution in [2.24, 2.45) is 0 Å². The van der Waals surface area contributed by atoms with E-state index in [1.54, 1.807) is 24.4 Å². The zero-order valence-corrected chi connectivity index (χ0v) is 16.5. The van der Waals surface area contributed by atoms with Crippen LogP contribution in [-0.4, -0.2) is 49.0 Å². The van der Waals surface area contributed by atoms with Crippen molar-refractivity contribution in [1.82, 2.24) is 19.8 Å². The molecule has 0 atom stereocenters. The fraction of sp³-hybridized carbons (Fsp3) is 0.444. The molecular weight excluding hydrogens is 352 g/mol. The topological polar surface area (TPSA) is 95.2 Å². The van der Waals surface area contributed by atoms with Crippen molar-refractivity contribution >= 4 is 15.9 Å². The molecule has 0 fully saturated rings. The van der Waals surface area contributed by atoms with Gasteiger partial charge in [0.05, 0.1) is 17.6 Å². The molecule has 7 nitrogen and oxygen atoms in total. The second-order valence-electron chi connectivity index (χ2n) is 6.48. The lowest BCUT2D eigenvalue weighted by molar-refractivity contribution is -0.121. The standard InChI is InChI=1S/C18H26N4O3S/c1-13-7-8-17(10-14(13)2)26(24,25)22(4)12-18(23)19-9-5-6-16-11-20-21-15(16)3/h7-8,10-11H,5-6,9,12H2,1-4H3,(H,19,23)(H,20,21). The number of aromatic nitrogens is 2. The van der Waals surface area contributed by atoms with Gasteiger partial charge in [-0.25, -0.2) is 8.42 Å². The van der Waals surface area contributed by atoms with Crippen LogP contribution in [0, 0.1) is 20.8 Å². The van der Waals surface area contributed by atoms with E-state index in [4.69, 9.17) is 0 Å². The van der Waals surface area contributed by atoms with E-state index in [0.29, 0.717) is 6.54 Å². The van der Waals surface area contributed by atoms with Gasteiger partial charge >= 0.3 is 0 Å². The number of sulfonamides is 1. The van der Waals surface area contributed by atoms with Crippen molar-refractivity contribution in [3.05, 3.63) is 46.8 Å². The average Bonchev–Trinajstić information content (AvgIpc) is 2.99. The van der Waals surface area contributed by atoms with Crippen molar-refractivity contribution in [1.29, 1.82) is 0 Å². The zero-order valence-electron chi connectivity index (χ0n) is 15.7. The molecule has 1 aromatic carbocycles. The summed E-state index contributed by atoms with van der Waals surface area (Å²) in [4.78, 5) is 12.2. The number of aryl methyl sites for hydroxylation is 4. The highest BCUT2D eigenvalue weighted by Crippen LogP contribution is 2.18. The molecule has 1 heterocycles. The minimum Gasteiger partial charge on any atom is -0.355 e. The van der Waals surface area contributed by atoms with Crippen molar-refractivity contribution < 1.29 is 13.2 Å². The Morgan fingerprint density at radius 1 is 1.23 bits per heavy atom. The van der Waals surface area contributed by atoms with Crippen molar-refractivity contribution in [2.75, 3.05) is 20.1 Å². The van der Waals surface area contributed by atoms with Crippen LogP contribution in [-0.2, 0) is 21.2 Å². The SMILES string of the molecule is Cc1ccc(S(=O)(=O)N(C)CC(=O)NCCCc2cn[nH]c2C)cc1C. The number of carbonyl (C=O) groups excluding carboxylic acids is 1. The Morgan fingerprint density at radius 3 is 2.58 bits per heavy atom. The van der Waals surface area contributed by atoms with Gasteiger partial charge in [-0.15, -0.1) is 0 Å². The average molecular weight is 378 g/mol. The highest BCUT2D eigenvalue weighted by Gasteiger charge is 2.23. The normalized spacial score (nSPS) is 11.7. The lowest BCUT2D eigenvalue weighted by Gasteiger charge is -2.17. The Bertz CT molecular complexity index is 874. The number of carbonyl (C=O) groups is 1. The number of nitrogens with one attached hydrogen (secondary N) is 2. The van der Waals surface area contributed by atoms with Crippen molar-refractivity contribution in [2.45, 2.75) is 38.5 Å². The summed E-state index contributed by atoms with van der Waals surface area (Å²) in [6, 6.07) is 4.97. The second kappa shape index (κ2) is 8.46. The summed E-state index contributed by atoms with van der Waals surface area (Å²) in [5, 5.41) is 9.59. The third-order valence-electron chi connectivity index (χ3n) is 4.43. The van der Waals surface area contributed by atoms with Gasteiger partial charge in [-0.1, -0.05) is 6.07 Å². The number of likely N-dealkylation sites (N-methyl/N-ethyl adjacent to an activating group) is 1. The van der Waals surface area contributed by atoms with Crippen LogP contribution >= 0.6 is 0 Å². The number of nitrogens with zero attached hydrogens (tertiary/aromatic N) is 2. The maximum atomic E-state index is 12.6. The predicted octanol–water partition coefficient (Wildman–Crippen LogP) is 1.70. The first-order valence-electron chi connectivity index (χ1n) is 8.51. The quantitative estimate of drug-likeness (QED) is 0.684. The molecule has 142 valence electrons. The molecule has 2 aromatic rings. The fourth-order valence-electron chi connectivity index (χ4n) is 2.53. The van der Waals surface area contributed by atoms with E-state index in [-0.39, 0.29) is 17.3 Å². The third kappa shape index (κ3) is 4.92. The van der Waals surface area contributed by atoms with E-state index in [9.17, 15) is 13.2 Å². The van der Waals surface area contributed by atoms with Crippen molar-refractivity contribution in [3.63, 3.8) is 0 Å². The molecule has 0 spiro atoms. The first kappa shape index (κ1) is 20.1. The molecule has 0 aliphatic rings. The Labute approximate surface area is 154 Å². The Hall–Kier alpha value is -2.19. The summed E-state index contributed by atoms with van der Waals surface area (Å²) in [5.74, 6) is -0.316. The molecule has 0 radical (unpaired) electrons. The van der Waals surface area contributed by atoms with Gasteiger partial charge in [0.1, 0.15) is 0 Å². The van der Waals surface area contributed by atoms with Gasteiger partial charge in [-0.3, -0.25) is 9.89 Å². The number of H-pyrrole nitrogens is 1. The van der Waals surface area contributed by atoms with Gasteiger partial charge < -0.3 is 5.32 Å². The maximum absolute atomic E-state index is 12.6. The van der Waals surface area contributed by atoms with Gasteiger partial charge in [0, 0.05) is 19.3 Å². The summed E-state index contributed by atoms with van der Waals surface area (Å²) in [7, 11) is -2.27. The van der Waals surface area contributed by atoms with Crippen LogP contribution in [0.3, 0.4) is 0 Å². The number of amides is 1. The summed E-state index contributed by atoms with van der Waals surface area (Å²) in [6.07, 6.45) is 3.35. The number of aromatic amines is 1.